The molecule has 2 heterocycles. The first kappa shape index (κ1) is 10.4. The molecule has 0 spiro atoms. The molecule has 82 valence electrons. The standard InChI is InChI=1S/C11H22N2O/c1-9-3-2-5-13(9)7-11(12)10-4-6-14-8-10/h9-11H,2-8,12H2,1H3. The SMILES string of the molecule is CC1CCCN1CC(N)C1CCOC1. The van der Waals surface area contributed by atoms with E-state index in [0.29, 0.717) is 12.0 Å². The summed E-state index contributed by atoms with van der Waals surface area (Å²) in [7, 11) is 0. The van der Waals surface area contributed by atoms with Crippen LogP contribution in [0, 0.1) is 5.92 Å². The maximum Gasteiger partial charge on any atom is 0.0510 e. The lowest BCUT2D eigenvalue weighted by Gasteiger charge is -2.27. The monoisotopic (exact) mass is 198 g/mol. The van der Waals surface area contributed by atoms with Crippen molar-refractivity contribution >= 4 is 0 Å². The first-order chi connectivity index (χ1) is 6.77. The number of hydrogen-bond acceptors (Lipinski definition) is 3. The normalized spacial score (nSPS) is 36.4. The first-order valence-electron chi connectivity index (χ1n) is 5.85. The molecule has 3 atom stereocenters. The smallest absolute Gasteiger partial charge is 0.0510 e. The van der Waals surface area contributed by atoms with E-state index in [9.17, 15) is 0 Å². The van der Waals surface area contributed by atoms with E-state index in [4.69, 9.17) is 10.5 Å². The summed E-state index contributed by atoms with van der Waals surface area (Å²) >= 11 is 0. The highest BCUT2D eigenvalue weighted by Gasteiger charge is 2.27. The van der Waals surface area contributed by atoms with Crippen molar-refractivity contribution in [1.29, 1.82) is 0 Å². The molecule has 3 unspecified atom stereocenters. The highest BCUT2D eigenvalue weighted by molar-refractivity contribution is 4.83. The van der Waals surface area contributed by atoms with Gasteiger partial charge in [-0.3, -0.25) is 4.90 Å². The van der Waals surface area contributed by atoms with Crippen LogP contribution in [0.15, 0.2) is 0 Å². The van der Waals surface area contributed by atoms with E-state index in [2.05, 4.69) is 11.8 Å². The van der Waals surface area contributed by atoms with Gasteiger partial charge in [-0.2, -0.15) is 0 Å². The van der Waals surface area contributed by atoms with E-state index >= 15 is 0 Å². The lowest BCUT2D eigenvalue weighted by atomic mass is 9.99. The van der Waals surface area contributed by atoms with E-state index in [1.165, 1.54) is 19.4 Å². The lowest BCUT2D eigenvalue weighted by molar-refractivity contribution is 0.168. The molecule has 2 fully saturated rings. The van der Waals surface area contributed by atoms with Crippen LogP contribution in [0.5, 0.6) is 0 Å². The predicted octanol–water partition coefficient (Wildman–Crippen LogP) is 0.834. The molecule has 0 amide bonds. The maximum atomic E-state index is 6.20. The minimum atomic E-state index is 0.318. The molecule has 0 saturated carbocycles. The molecule has 2 N–H and O–H groups in total. The zero-order chi connectivity index (χ0) is 9.97. The highest BCUT2D eigenvalue weighted by atomic mass is 16.5. The minimum absolute atomic E-state index is 0.318. The van der Waals surface area contributed by atoms with Crippen molar-refractivity contribution in [2.24, 2.45) is 11.7 Å². The molecule has 2 rings (SSSR count). The molecule has 0 bridgehead atoms. The Morgan fingerprint density at radius 2 is 2.36 bits per heavy atom. The van der Waals surface area contributed by atoms with Gasteiger partial charge in [-0.15, -0.1) is 0 Å². The zero-order valence-corrected chi connectivity index (χ0v) is 9.11. The Morgan fingerprint density at radius 3 is 2.93 bits per heavy atom. The molecular formula is C11H22N2O. The van der Waals surface area contributed by atoms with Gasteiger partial charge in [0, 0.05) is 31.2 Å². The van der Waals surface area contributed by atoms with Crippen LogP contribution in [-0.4, -0.2) is 43.3 Å². The van der Waals surface area contributed by atoms with Gasteiger partial charge in [0.05, 0.1) is 6.61 Å². The molecule has 2 aliphatic rings. The van der Waals surface area contributed by atoms with Crippen molar-refractivity contribution in [2.45, 2.75) is 38.3 Å². The second kappa shape index (κ2) is 4.60. The van der Waals surface area contributed by atoms with Crippen LogP contribution in [0.25, 0.3) is 0 Å². The van der Waals surface area contributed by atoms with E-state index < -0.39 is 0 Å². The number of rotatable bonds is 3. The molecule has 3 nitrogen and oxygen atoms in total. The van der Waals surface area contributed by atoms with Crippen LogP contribution in [-0.2, 0) is 4.74 Å². The van der Waals surface area contributed by atoms with E-state index in [1.807, 2.05) is 0 Å². The van der Waals surface area contributed by atoms with Crippen molar-refractivity contribution in [1.82, 2.24) is 4.90 Å². The fourth-order valence-corrected chi connectivity index (χ4v) is 2.57. The molecule has 2 aliphatic heterocycles. The Labute approximate surface area is 86.6 Å². The zero-order valence-electron chi connectivity index (χ0n) is 9.11. The van der Waals surface area contributed by atoms with Crippen LogP contribution in [0.4, 0.5) is 0 Å². The van der Waals surface area contributed by atoms with Gasteiger partial charge in [0.25, 0.3) is 0 Å². The molecule has 2 saturated heterocycles. The number of nitrogens with zero attached hydrogens (tertiary/aromatic N) is 1. The topological polar surface area (TPSA) is 38.5 Å². The fraction of sp³-hybridized carbons (Fsp3) is 1.00. The lowest BCUT2D eigenvalue weighted by Crippen LogP contribution is -2.43. The van der Waals surface area contributed by atoms with Crippen LogP contribution < -0.4 is 5.73 Å². The van der Waals surface area contributed by atoms with E-state index in [-0.39, 0.29) is 0 Å². The van der Waals surface area contributed by atoms with Crippen LogP contribution in [0.2, 0.25) is 0 Å². The molecule has 0 radical (unpaired) electrons. The second-order valence-corrected chi connectivity index (χ2v) is 4.77. The average molecular weight is 198 g/mol. The van der Waals surface area contributed by atoms with Crippen molar-refractivity contribution in [2.75, 3.05) is 26.3 Å². The summed E-state index contributed by atoms with van der Waals surface area (Å²) in [6, 6.07) is 1.06. The summed E-state index contributed by atoms with van der Waals surface area (Å²) in [5.41, 5.74) is 6.20. The molecule has 0 aromatic heterocycles. The van der Waals surface area contributed by atoms with Gasteiger partial charge >= 0.3 is 0 Å². The molecular weight excluding hydrogens is 176 g/mol. The van der Waals surface area contributed by atoms with Crippen LogP contribution in [0.1, 0.15) is 26.2 Å². The third kappa shape index (κ3) is 2.27. The largest absolute Gasteiger partial charge is 0.381 e. The molecule has 14 heavy (non-hydrogen) atoms. The Hall–Kier alpha value is -0.120. The van der Waals surface area contributed by atoms with Crippen molar-refractivity contribution in [3.05, 3.63) is 0 Å². The highest BCUT2D eigenvalue weighted by Crippen LogP contribution is 2.20. The first-order valence-corrected chi connectivity index (χ1v) is 5.85. The second-order valence-electron chi connectivity index (χ2n) is 4.77. The maximum absolute atomic E-state index is 6.20. The van der Waals surface area contributed by atoms with Crippen molar-refractivity contribution in [3.63, 3.8) is 0 Å². The Kier molecular flexibility index (Phi) is 3.42. The van der Waals surface area contributed by atoms with Gasteiger partial charge < -0.3 is 10.5 Å². The summed E-state index contributed by atoms with van der Waals surface area (Å²) in [4.78, 5) is 2.53. The van der Waals surface area contributed by atoms with Gasteiger partial charge in [0.15, 0.2) is 0 Å². The predicted molar refractivity (Wildman–Crippen MR) is 57.2 cm³/mol. The van der Waals surface area contributed by atoms with Crippen molar-refractivity contribution < 1.29 is 4.74 Å². The fourth-order valence-electron chi connectivity index (χ4n) is 2.57. The van der Waals surface area contributed by atoms with Gasteiger partial charge in [-0.1, -0.05) is 0 Å². The number of hydrogen-bond donors (Lipinski definition) is 1. The number of ether oxygens (including phenoxy) is 1. The summed E-state index contributed by atoms with van der Waals surface area (Å²) in [5.74, 6) is 0.600. The Morgan fingerprint density at radius 1 is 1.50 bits per heavy atom. The number of likely N-dealkylation sites (tertiary alicyclic amines) is 1. The summed E-state index contributed by atoms with van der Waals surface area (Å²) in [5, 5.41) is 0. The summed E-state index contributed by atoms with van der Waals surface area (Å²) in [6.45, 7) is 6.40. The third-order valence-electron chi connectivity index (χ3n) is 3.71. The van der Waals surface area contributed by atoms with Crippen molar-refractivity contribution in [3.8, 4) is 0 Å². The molecule has 0 aromatic rings. The van der Waals surface area contributed by atoms with Crippen LogP contribution >= 0.6 is 0 Å². The third-order valence-corrected chi connectivity index (χ3v) is 3.71. The number of nitrogens with two attached hydrogens (primary N) is 1. The van der Waals surface area contributed by atoms with Crippen LogP contribution in [0.3, 0.4) is 0 Å². The Bertz CT molecular complexity index is 180. The average Bonchev–Trinajstić information content (AvgIpc) is 2.77. The summed E-state index contributed by atoms with van der Waals surface area (Å²) in [6.07, 6.45) is 3.84. The molecule has 0 aliphatic carbocycles. The van der Waals surface area contributed by atoms with E-state index in [1.54, 1.807) is 0 Å². The molecule has 0 aromatic carbocycles. The van der Waals surface area contributed by atoms with Gasteiger partial charge in [-0.05, 0) is 32.7 Å². The van der Waals surface area contributed by atoms with Gasteiger partial charge in [-0.25, -0.2) is 0 Å². The Balaban J connectivity index is 1.78. The minimum Gasteiger partial charge on any atom is -0.381 e. The quantitative estimate of drug-likeness (QED) is 0.730. The molecule has 3 heteroatoms. The van der Waals surface area contributed by atoms with Gasteiger partial charge in [0.1, 0.15) is 0 Å². The van der Waals surface area contributed by atoms with Gasteiger partial charge in [0.2, 0.25) is 0 Å². The van der Waals surface area contributed by atoms with E-state index in [0.717, 1.165) is 32.2 Å². The summed E-state index contributed by atoms with van der Waals surface area (Å²) < 4.78 is 5.37.